The van der Waals surface area contributed by atoms with Crippen molar-refractivity contribution in [1.82, 2.24) is 25.6 Å². The van der Waals surface area contributed by atoms with E-state index in [1.54, 1.807) is 17.9 Å². The van der Waals surface area contributed by atoms with Crippen molar-refractivity contribution in [2.45, 2.75) is 25.9 Å². The summed E-state index contributed by atoms with van der Waals surface area (Å²) in [6, 6.07) is 0. The molecule has 2 rings (SSSR count). The predicted molar refractivity (Wildman–Crippen MR) is 58.5 cm³/mol. The molecule has 1 aromatic heterocycles. The minimum absolute atomic E-state index is 0.0672. The number of carbonyl (C=O) groups excluding carboxylic acids is 1. The Morgan fingerprint density at radius 1 is 1.62 bits per heavy atom. The van der Waals surface area contributed by atoms with Crippen molar-refractivity contribution in [3.63, 3.8) is 0 Å². The van der Waals surface area contributed by atoms with Gasteiger partial charge in [0.25, 0.3) is 0 Å². The van der Waals surface area contributed by atoms with Crippen molar-refractivity contribution in [2.75, 3.05) is 13.6 Å². The number of nitrogens with zero attached hydrogens (tertiary/aromatic N) is 3. The van der Waals surface area contributed by atoms with E-state index in [2.05, 4.69) is 20.9 Å². The molecule has 0 spiro atoms. The number of hydrogen-bond acceptors (Lipinski definition) is 4. The zero-order valence-corrected chi connectivity index (χ0v) is 9.44. The van der Waals surface area contributed by atoms with Crippen LogP contribution in [0.2, 0.25) is 0 Å². The third-order valence-corrected chi connectivity index (χ3v) is 2.61. The molecule has 0 saturated heterocycles. The lowest BCUT2D eigenvalue weighted by atomic mass is 10.4. The maximum atomic E-state index is 11.1. The summed E-state index contributed by atoms with van der Waals surface area (Å²) in [6.07, 6.45) is 4.49. The number of carbonyl (C=O) groups is 1. The first-order chi connectivity index (χ1) is 7.78. The van der Waals surface area contributed by atoms with Gasteiger partial charge in [0.15, 0.2) is 0 Å². The lowest BCUT2D eigenvalue weighted by Gasteiger charge is -1.99. The van der Waals surface area contributed by atoms with Gasteiger partial charge in [0.05, 0.1) is 11.9 Å². The number of rotatable bonds is 6. The fraction of sp³-hybridized carbons (Fsp3) is 0.700. The van der Waals surface area contributed by atoms with Crippen molar-refractivity contribution in [3.8, 4) is 0 Å². The largest absolute Gasteiger partial charge is 0.358 e. The topological polar surface area (TPSA) is 71.8 Å². The number of likely N-dealkylation sites (N-methyl/N-ethyl adjacent to an activating group) is 1. The summed E-state index contributed by atoms with van der Waals surface area (Å²) in [5, 5.41) is 13.7. The third kappa shape index (κ3) is 3.30. The highest BCUT2D eigenvalue weighted by Crippen LogP contribution is 2.27. The molecule has 0 aliphatic heterocycles. The summed E-state index contributed by atoms with van der Waals surface area (Å²) in [4.78, 5) is 11.1. The van der Waals surface area contributed by atoms with E-state index in [0.717, 1.165) is 24.7 Å². The van der Waals surface area contributed by atoms with Gasteiger partial charge < -0.3 is 10.6 Å². The molecule has 0 bridgehead atoms. The van der Waals surface area contributed by atoms with Crippen molar-refractivity contribution >= 4 is 5.91 Å². The first kappa shape index (κ1) is 11.1. The third-order valence-electron chi connectivity index (χ3n) is 2.61. The van der Waals surface area contributed by atoms with E-state index in [1.807, 2.05) is 0 Å². The molecule has 1 aromatic rings. The second kappa shape index (κ2) is 5.07. The highest BCUT2D eigenvalue weighted by atomic mass is 16.1. The quantitative estimate of drug-likeness (QED) is 0.683. The van der Waals surface area contributed by atoms with Gasteiger partial charge in [-0.2, -0.15) is 0 Å². The molecule has 0 radical (unpaired) electrons. The first-order valence-corrected chi connectivity index (χ1v) is 5.58. The van der Waals surface area contributed by atoms with Gasteiger partial charge in [-0.1, -0.05) is 5.21 Å². The Bertz CT molecular complexity index is 358. The highest BCUT2D eigenvalue weighted by molar-refractivity contribution is 5.75. The Hall–Kier alpha value is -1.43. The first-order valence-electron chi connectivity index (χ1n) is 5.58. The van der Waals surface area contributed by atoms with Gasteiger partial charge in [0.2, 0.25) is 5.91 Å². The van der Waals surface area contributed by atoms with E-state index in [9.17, 15) is 4.79 Å². The van der Waals surface area contributed by atoms with Crippen LogP contribution in [0.5, 0.6) is 0 Å². The number of hydrogen-bond donors (Lipinski definition) is 2. The SMILES string of the molecule is CNC(=O)Cn1cc(CNCC2CC2)nn1. The van der Waals surface area contributed by atoms with Gasteiger partial charge in [-0.25, -0.2) is 4.68 Å². The van der Waals surface area contributed by atoms with Crippen molar-refractivity contribution in [1.29, 1.82) is 0 Å². The smallest absolute Gasteiger partial charge is 0.241 e. The molecule has 0 atom stereocenters. The molecule has 0 aromatic carbocycles. The van der Waals surface area contributed by atoms with Crippen LogP contribution < -0.4 is 10.6 Å². The predicted octanol–water partition coefficient (Wildman–Crippen LogP) is -0.476. The van der Waals surface area contributed by atoms with Gasteiger partial charge in [0, 0.05) is 13.6 Å². The van der Waals surface area contributed by atoms with Gasteiger partial charge in [0.1, 0.15) is 6.54 Å². The van der Waals surface area contributed by atoms with E-state index < -0.39 is 0 Å². The monoisotopic (exact) mass is 223 g/mol. The zero-order chi connectivity index (χ0) is 11.4. The van der Waals surface area contributed by atoms with Crippen LogP contribution in [0.25, 0.3) is 0 Å². The molecule has 1 saturated carbocycles. The van der Waals surface area contributed by atoms with E-state index in [4.69, 9.17) is 0 Å². The molecule has 1 heterocycles. The maximum absolute atomic E-state index is 11.1. The van der Waals surface area contributed by atoms with Crippen molar-refractivity contribution in [2.24, 2.45) is 5.92 Å². The second-order valence-electron chi connectivity index (χ2n) is 4.15. The van der Waals surface area contributed by atoms with Gasteiger partial charge >= 0.3 is 0 Å². The van der Waals surface area contributed by atoms with Crippen LogP contribution in [0.1, 0.15) is 18.5 Å². The Labute approximate surface area is 94.4 Å². The van der Waals surface area contributed by atoms with Gasteiger partial charge in [-0.3, -0.25) is 4.79 Å². The fourth-order valence-corrected chi connectivity index (χ4v) is 1.45. The van der Waals surface area contributed by atoms with Crippen molar-refractivity contribution in [3.05, 3.63) is 11.9 Å². The molecule has 0 unspecified atom stereocenters. The molecule has 6 nitrogen and oxygen atoms in total. The minimum atomic E-state index is -0.0672. The normalized spacial score (nSPS) is 15.1. The Morgan fingerprint density at radius 2 is 2.44 bits per heavy atom. The van der Waals surface area contributed by atoms with Crippen molar-refractivity contribution < 1.29 is 4.79 Å². The van der Waals surface area contributed by atoms with Gasteiger partial charge in [-0.15, -0.1) is 5.10 Å². The minimum Gasteiger partial charge on any atom is -0.358 e. The summed E-state index contributed by atoms with van der Waals surface area (Å²) in [5.74, 6) is 0.795. The number of amides is 1. The van der Waals surface area contributed by atoms with Crippen LogP contribution in [-0.4, -0.2) is 34.5 Å². The van der Waals surface area contributed by atoms with Crippen LogP contribution in [0.4, 0.5) is 0 Å². The molecule has 16 heavy (non-hydrogen) atoms. The summed E-state index contributed by atoms with van der Waals surface area (Å²) in [6.45, 7) is 2.01. The standard InChI is InChI=1S/C10H17N5O/c1-11-10(16)7-15-6-9(13-14-15)5-12-4-8-2-3-8/h6,8,12H,2-5,7H2,1H3,(H,11,16). The molecular formula is C10H17N5O. The Morgan fingerprint density at radius 3 is 3.12 bits per heavy atom. The summed E-state index contributed by atoms with van der Waals surface area (Å²) in [5.41, 5.74) is 0.879. The van der Waals surface area contributed by atoms with Crippen LogP contribution in [0, 0.1) is 5.92 Å². The van der Waals surface area contributed by atoms with E-state index in [1.165, 1.54) is 12.8 Å². The highest BCUT2D eigenvalue weighted by Gasteiger charge is 2.20. The van der Waals surface area contributed by atoms with Crippen LogP contribution in [0.15, 0.2) is 6.20 Å². The van der Waals surface area contributed by atoms with Crippen LogP contribution in [-0.2, 0) is 17.9 Å². The van der Waals surface area contributed by atoms with E-state index in [-0.39, 0.29) is 12.5 Å². The molecule has 1 aliphatic rings. The average molecular weight is 223 g/mol. The maximum Gasteiger partial charge on any atom is 0.241 e. The molecule has 88 valence electrons. The van der Waals surface area contributed by atoms with E-state index in [0.29, 0.717) is 0 Å². The zero-order valence-electron chi connectivity index (χ0n) is 9.44. The molecule has 1 aliphatic carbocycles. The number of nitrogens with one attached hydrogen (secondary N) is 2. The van der Waals surface area contributed by atoms with Crippen LogP contribution >= 0.6 is 0 Å². The second-order valence-corrected chi connectivity index (χ2v) is 4.15. The molecule has 1 amide bonds. The Balaban J connectivity index is 1.74. The summed E-state index contributed by atoms with van der Waals surface area (Å²) >= 11 is 0. The van der Waals surface area contributed by atoms with Crippen LogP contribution in [0.3, 0.4) is 0 Å². The lowest BCUT2D eigenvalue weighted by Crippen LogP contribution is -2.23. The average Bonchev–Trinajstić information content (AvgIpc) is 2.99. The molecule has 1 fully saturated rings. The molecule has 6 heteroatoms. The molecule has 2 N–H and O–H groups in total. The van der Waals surface area contributed by atoms with E-state index >= 15 is 0 Å². The number of aromatic nitrogens is 3. The lowest BCUT2D eigenvalue weighted by molar-refractivity contribution is -0.121. The summed E-state index contributed by atoms with van der Waals surface area (Å²) in [7, 11) is 1.61. The summed E-state index contributed by atoms with van der Waals surface area (Å²) < 4.78 is 1.55. The molecular weight excluding hydrogens is 206 g/mol. The Kier molecular flexibility index (Phi) is 3.51. The fourth-order valence-electron chi connectivity index (χ4n) is 1.45. The van der Waals surface area contributed by atoms with Gasteiger partial charge in [-0.05, 0) is 25.3 Å².